The summed E-state index contributed by atoms with van der Waals surface area (Å²) in [6, 6.07) is 12.0. The maximum Gasteiger partial charge on any atom is 0.134 e. The molecule has 0 aliphatic rings. The molecule has 0 spiro atoms. The predicted octanol–water partition coefficient (Wildman–Crippen LogP) is 5.53. The lowest BCUT2D eigenvalue weighted by Crippen LogP contribution is -2.06. The molecule has 20 heavy (non-hydrogen) atoms. The smallest absolute Gasteiger partial charge is 0.134 e. The molecule has 102 valence electrons. The van der Waals surface area contributed by atoms with Gasteiger partial charge in [-0.1, -0.05) is 15.9 Å². The first-order valence-corrected chi connectivity index (χ1v) is 7.78. The summed E-state index contributed by atoms with van der Waals surface area (Å²) >= 11 is 6.90. The van der Waals surface area contributed by atoms with Crippen LogP contribution in [0, 0.1) is 0 Å². The van der Waals surface area contributed by atoms with Gasteiger partial charge in [0.1, 0.15) is 15.9 Å². The van der Waals surface area contributed by atoms with Crippen molar-refractivity contribution in [1.82, 2.24) is 4.98 Å². The Morgan fingerprint density at radius 1 is 1.20 bits per heavy atom. The Bertz CT molecular complexity index is 754. The highest BCUT2D eigenvalue weighted by atomic mass is 79.9. The maximum atomic E-state index is 5.88. The van der Waals surface area contributed by atoms with Crippen molar-refractivity contribution in [2.24, 2.45) is 0 Å². The number of rotatable bonds is 3. The van der Waals surface area contributed by atoms with Gasteiger partial charge in [-0.25, -0.2) is 4.98 Å². The number of hydrogen-bond donors (Lipinski definition) is 1. The number of pyridine rings is 1. The monoisotopic (exact) mass is 394 g/mol. The molecule has 2 heterocycles. The molecule has 0 saturated heterocycles. The average Bonchev–Trinajstić information content (AvgIpc) is 2.84. The van der Waals surface area contributed by atoms with Gasteiger partial charge in [0.2, 0.25) is 0 Å². The van der Waals surface area contributed by atoms with Gasteiger partial charge in [-0.15, -0.1) is 0 Å². The number of nitrogens with one attached hydrogen (secondary N) is 1. The van der Waals surface area contributed by atoms with Crippen LogP contribution in [0.3, 0.4) is 0 Å². The van der Waals surface area contributed by atoms with E-state index in [1.54, 1.807) is 6.20 Å². The number of anilines is 1. The number of fused-ring (bicyclic) bond motifs is 1. The van der Waals surface area contributed by atoms with Crippen LogP contribution >= 0.6 is 31.9 Å². The van der Waals surface area contributed by atoms with Crippen molar-refractivity contribution >= 4 is 48.5 Å². The van der Waals surface area contributed by atoms with Crippen LogP contribution in [-0.4, -0.2) is 4.98 Å². The summed E-state index contributed by atoms with van der Waals surface area (Å²) < 4.78 is 7.72. The molecule has 0 aliphatic heterocycles. The van der Waals surface area contributed by atoms with Gasteiger partial charge in [0.15, 0.2) is 0 Å². The maximum absolute atomic E-state index is 5.88. The lowest BCUT2D eigenvalue weighted by atomic mass is 10.2. The Morgan fingerprint density at radius 3 is 2.85 bits per heavy atom. The molecular formula is C15H12Br2N2O. The van der Waals surface area contributed by atoms with Gasteiger partial charge in [0.25, 0.3) is 0 Å². The van der Waals surface area contributed by atoms with E-state index in [0.29, 0.717) is 0 Å². The molecule has 0 amide bonds. The van der Waals surface area contributed by atoms with Crippen LogP contribution in [0.4, 0.5) is 5.69 Å². The number of furan rings is 1. The first-order chi connectivity index (χ1) is 9.63. The molecule has 0 aliphatic carbocycles. The number of hydrogen-bond acceptors (Lipinski definition) is 3. The van der Waals surface area contributed by atoms with Crippen molar-refractivity contribution in [3.05, 3.63) is 57.4 Å². The van der Waals surface area contributed by atoms with Crippen LogP contribution in [-0.2, 0) is 0 Å². The van der Waals surface area contributed by atoms with Crippen molar-refractivity contribution in [3.8, 4) is 0 Å². The molecule has 1 atom stereocenters. The van der Waals surface area contributed by atoms with Crippen LogP contribution < -0.4 is 5.32 Å². The number of aromatic nitrogens is 1. The molecule has 1 unspecified atom stereocenters. The Morgan fingerprint density at radius 2 is 2.05 bits per heavy atom. The normalized spacial score (nSPS) is 12.6. The topological polar surface area (TPSA) is 38.1 Å². The van der Waals surface area contributed by atoms with Crippen molar-refractivity contribution in [2.75, 3.05) is 5.32 Å². The van der Waals surface area contributed by atoms with E-state index >= 15 is 0 Å². The van der Waals surface area contributed by atoms with Gasteiger partial charge >= 0.3 is 0 Å². The molecule has 3 aromatic rings. The fraction of sp³-hybridized carbons (Fsp3) is 0.133. The Labute approximate surface area is 133 Å². The lowest BCUT2D eigenvalue weighted by molar-refractivity contribution is 0.526. The van der Waals surface area contributed by atoms with Crippen molar-refractivity contribution in [1.29, 1.82) is 0 Å². The minimum absolute atomic E-state index is 0.0571. The first kappa shape index (κ1) is 13.6. The SMILES string of the molecule is CC(Nc1cccnc1Br)c1cc2cc(Br)ccc2o1. The summed E-state index contributed by atoms with van der Waals surface area (Å²) in [5.41, 5.74) is 1.84. The highest BCUT2D eigenvalue weighted by Gasteiger charge is 2.13. The van der Waals surface area contributed by atoms with E-state index in [9.17, 15) is 0 Å². The molecule has 0 saturated carbocycles. The molecule has 0 fully saturated rings. The van der Waals surface area contributed by atoms with E-state index in [1.165, 1.54) is 0 Å². The minimum atomic E-state index is 0.0571. The average molecular weight is 396 g/mol. The molecule has 3 rings (SSSR count). The van der Waals surface area contributed by atoms with E-state index in [2.05, 4.69) is 61.2 Å². The van der Waals surface area contributed by atoms with Crippen molar-refractivity contribution in [3.63, 3.8) is 0 Å². The third-order valence-electron chi connectivity index (χ3n) is 3.06. The zero-order valence-electron chi connectivity index (χ0n) is 10.7. The van der Waals surface area contributed by atoms with Gasteiger partial charge in [-0.3, -0.25) is 0 Å². The summed E-state index contributed by atoms with van der Waals surface area (Å²) in [7, 11) is 0. The zero-order chi connectivity index (χ0) is 14.1. The van der Waals surface area contributed by atoms with Crippen LogP contribution in [0.1, 0.15) is 18.7 Å². The van der Waals surface area contributed by atoms with Crippen LogP contribution in [0.15, 0.2) is 56.1 Å². The molecule has 1 N–H and O–H groups in total. The van der Waals surface area contributed by atoms with Crippen LogP contribution in [0.5, 0.6) is 0 Å². The summed E-state index contributed by atoms with van der Waals surface area (Å²) in [4.78, 5) is 4.20. The van der Waals surface area contributed by atoms with Gasteiger partial charge in [0, 0.05) is 16.1 Å². The second kappa shape index (κ2) is 5.58. The fourth-order valence-electron chi connectivity index (χ4n) is 2.05. The standard InChI is InChI=1S/C15H12Br2N2O/c1-9(19-12-3-2-6-18-15(12)17)14-8-10-7-11(16)4-5-13(10)20-14/h2-9,19H,1H3. The molecular weight excluding hydrogens is 384 g/mol. The molecule has 1 aromatic carbocycles. The molecule has 3 nitrogen and oxygen atoms in total. The quantitative estimate of drug-likeness (QED) is 0.592. The van der Waals surface area contributed by atoms with E-state index < -0.39 is 0 Å². The number of halogens is 2. The van der Waals surface area contributed by atoms with E-state index in [0.717, 1.165) is 31.5 Å². The second-order valence-electron chi connectivity index (χ2n) is 4.54. The predicted molar refractivity (Wildman–Crippen MR) is 87.9 cm³/mol. The van der Waals surface area contributed by atoms with E-state index in [-0.39, 0.29) is 6.04 Å². The van der Waals surface area contributed by atoms with E-state index in [4.69, 9.17) is 4.42 Å². The zero-order valence-corrected chi connectivity index (χ0v) is 13.9. The molecule has 2 aromatic heterocycles. The largest absolute Gasteiger partial charge is 0.459 e. The summed E-state index contributed by atoms with van der Waals surface area (Å²) in [6.07, 6.45) is 1.75. The Balaban J connectivity index is 1.89. The minimum Gasteiger partial charge on any atom is -0.459 e. The molecule has 0 bridgehead atoms. The van der Waals surface area contributed by atoms with E-state index in [1.807, 2.05) is 24.3 Å². The van der Waals surface area contributed by atoms with Crippen molar-refractivity contribution in [2.45, 2.75) is 13.0 Å². The second-order valence-corrected chi connectivity index (χ2v) is 6.21. The first-order valence-electron chi connectivity index (χ1n) is 6.19. The van der Waals surface area contributed by atoms with Gasteiger partial charge in [-0.2, -0.15) is 0 Å². The third kappa shape index (κ3) is 2.74. The van der Waals surface area contributed by atoms with Crippen LogP contribution in [0.2, 0.25) is 0 Å². The summed E-state index contributed by atoms with van der Waals surface area (Å²) in [6.45, 7) is 2.06. The van der Waals surface area contributed by atoms with Gasteiger partial charge in [0.05, 0.1) is 11.7 Å². The molecule has 0 radical (unpaired) electrons. The van der Waals surface area contributed by atoms with Gasteiger partial charge in [-0.05, 0) is 59.3 Å². The number of nitrogens with zero attached hydrogens (tertiary/aromatic N) is 1. The highest BCUT2D eigenvalue weighted by molar-refractivity contribution is 9.10. The number of benzene rings is 1. The summed E-state index contributed by atoms with van der Waals surface area (Å²) in [5, 5.41) is 4.48. The highest BCUT2D eigenvalue weighted by Crippen LogP contribution is 2.29. The van der Waals surface area contributed by atoms with Crippen LogP contribution in [0.25, 0.3) is 11.0 Å². The Hall–Kier alpha value is -1.33. The Kier molecular flexibility index (Phi) is 3.81. The third-order valence-corrected chi connectivity index (χ3v) is 4.18. The fourth-order valence-corrected chi connectivity index (χ4v) is 2.79. The lowest BCUT2D eigenvalue weighted by Gasteiger charge is -2.13. The summed E-state index contributed by atoms with van der Waals surface area (Å²) in [5.74, 6) is 0.897. The molecule has 5 heteroatoms. The van der Waals surface area contributed by atoms with Gasteiger partial charge < -0.3 is 9.73 Å². The van der Waals surface area contributed by atoms with Crippen molar-refractivity contribution < 1.29 is 4.42 Å².